The van der Waals surface area contributed by atoms with Crippen molar-refractivity contribution >= 4 is 34.8 Å². The Hall–Kier alpha value is -0.110. The van der Waals surface area contributed by atoms with Crippen LogP contribution in [0, 0.1) is 0 Å². The molecule has 0 bridgehead atoms. The molecule has 0 amide bonds. The van der Waals surface area contributed by atoms with Crippen molar-refractivity contribution in [1.29, 1.82) is 0 Å². The fourth-order valence-electron chi connectivity index (χ4n) is 0.964. The van der Waals surface area contributed by atoms with Gasteiger partial charge in [0.15, 0.2) is 0 Å². The highest BCUT2D eigenvalue weighted by molar-refractivity contribution is 6.44. The quantitative estimate of drug-likeness (QED) is 0.552. The molecule has 0 N–H and O–H groups in total. The summed E-state index contributed by atoms with van der Waals surface area (Å²) in [6.07, 6.45) is 2.06. The summed E-state index contributed by atoms with van der Waals surface area (Å²) in [5.74, 6) is 0.553. The van der Waals surface area contributed by atoms with Crippen molar-refractivity contribution in [2.75, 3.05) is 6.61 Å². The lowest BCUT2D eigenvalue weighted by Crippen LogP contribution is -1.97. The van der Waals surface area contributed by atoms with E-state index in [0.29, 0.717) is 27.4 Å². The topological polar surface area (TPSA) is 9.23 Å². The van der Waals surface area contributed by atoms with E-state index in [9.17, 15) is 0 Å². The lowest BCUT2D eigenvalue weighted by molar-refractivity contribution is 0.309. The van der Waals surface area contributed by atoms with Gasteiger partial charge in [0.05, 0.1) is 11.6 Å². The number of halogens is 3. The molecule has 0 heterocycles. The number of benzene rings is 1. The molecule has 0 aliphatic heterocycles. The molecule has 0 aliphatic rings. The molecular weight excluding hydrogens is 242 g/mol. The molecule has 0 atom stereocenters. The van der Waals surface area contributed by atoms with E-state index >= 15 is 0 Å². The van der Waals surface area contributed by atoms with E-state index in [1.54, 1.807) is 12.1 Å². The highest BCUT2D eigenvalue weighted by Crippen LogP contribution is 2.35. The van der Waals surface area contributed by atoms with Gasteiger partial charge in [0.2, 0.25) is 0 Å². The molecule has 0 spiro atoms. The van der Waals surface area contributed by atoms with Crippen LogP contribution in [-0.4, -0.2) is 6.61 Å². The second-order valence-corrected chi connectivity index (χ2v) is 4.12. The Kier molecular flexibility index (Phi) is 4.86. The maximum atomic E-state index is 5.93. The molecule has 78 valence electrons. The second-order valence-electron chi connectivity index (χ2n) is 2.90. The summed E-state index contributed by atoms with van der Waals surface area (Å²) in [5, 5.41) is 1.38. The van der Waals surface area contributed by atoms with Crippen molar-refractivity contribution in [2.45, 2.75) is 19.8 Å². The first-order chi connectivity index (χ1) is 6.65. The van der Waals surface area contributed by atoms with Crippen LogP contribution in [0.2, 0.25) is 15.1 Å². The van der Waals surface area contributed by atoms with Gasteiger partial charge < -0.3 is 4.74 Å². The van der Waals surface area contributed by atoms with Crippen LogP contribution < -0.4 is 4.74 Å². The highest BCUT2D eigenvalue weighted by Gasteiger charge is 2.07. The van der Waals surface area contributed by atoms with E-state index in [1.807, 2.05) is 0 Å². The predicted octanol–water partition coefficient (Wildman–Crippen LogP) is 4.83. The van der Waals surface area contributed by atoms with Gasteiger partial charge in [-0.1, -0.05) is 48.1 Å². The minimum Gasteiger partial charge on any atom is -0.492 e. The molecule has 0 saturated heterocycles. The van der Waals surface area contributed by atoms with Crippen molar-refractivity contribution in [3.8, 4) is 5.75 Å². The molecule has 0 fully saturated rings. The fourth-order valence-corrected chi connectivity index (χ4v) is 1.60. The van der Waals surface area contributed by atoms with Gasteiger partial charge in [0.1, 0.15) is 10.8 Å². The number of rotatable bonds is 4. The third-order valence-electron chi connectivity index (χ3n) is 1.72. The normalized spacial score (nSPS) is 10.3. The Morgan fingerprint density at radius 2 is 1.93 bits per heavy atom. The van der Waals surface area contributed by atoms with Crippen LogP contribution in [0.1, 0.15) is 19.8 Å². The Labute approximate surface area is 98.9 Å². The molecule has 14 heavy (non-hydrogen) atoms. The first kappa shape index (κ1) is 12.0. The first-order valence-electron chi connectivity index (χ1n) is 4.42. The molecule has 1 aromatic rings. The van der Waals surface area contributed by atoms with Crippen LogP contribution in [0.15, 0.2) is 12.1 Å². The molecule has 0 aromatic heterocycles. The van der Waals surface area contributed by atoms with Gasteiger partial charge in [-0.25, -0.2) is 0 Å². The largest absolute Gasteiger partial charge is 0.492 e. The Bertz CT molecular complexity index is 312. The summed E-state index contributed by atoms with van der Waals surface area (Å²) in [4.78, 5) is 0. The van der Waals surface area contributed by atoms with Gasteiger partial charge in [0.25, 0.3) is 0 Å². The van der Waals surface area contributed by atoms with Crippen molar-refractivity contribution in [3.05, 3.63) is 27.2 Å². The molecule has 0 saturated carbocycles. The third kappa shape index (κ3) is 3.23. The molecular formula is C10H11Cl3O. The highest BCUT2D eigenvalue weighted by atomic mass is 35.5. The molecule has 1 nitrogen and oxygen atoms in total. The third-order valence-corrected chi connectivity index (χ3v) is 2.72. The molecule has 1 aromatic carbocycles. The van der Waals surface area contributed by atoms with E-state index < -0.39 is 0 Å². The van der Waals surface area contributed by atoms with Gasteiger partial charge in [-0.3, -0.25) is 0 Å². The molecule has 1 rings (SSSR count). The van der Waals surface area contributed by atoms with Crippen molar-refractivity contribution in [3.63, 3.8) is 0 Å². The number of ether oxygens (including phenoxy) is 1. The van der Waals surface area contributed by atoms with Crippen LogP contribution in [-0.2, 0) is 0 Å². The van der Waals surface area contributed by atoms with E-state index in [2.05, 4.69) is 6.92 Å². The molecule has 0 radical (unpaired) electrons. The van der Waals surface area contributed by atoms with Crippen LogP contribution in [0.5, 0.6) is 5.75 Å². The van der Waals surface area contributed by atoms with Crippen LogP contribution in [0.4, 0.5) is 0 Å². The fraction of sp³-hybridized carbons (Fsp3) is 0.400. The van der Waals surface area contributed by atoms with Gasteiger partial charge in [0, 0.05) is 11.1 Å². The molecule has 0 unspecified atom stereocenters. The van der Waals surface area contributed by atoms with Crippen LogP contribution in [0.3, 0.4) is 0 Å². The number of hydrogen-bond acceptors (Lipinski definition) is 1. The summed E-state index contributed by atoms with van der Waals surface area (Å²) >= 11 is 17.6. The monoisotopic (exact) mass is 252 g/mol. The summed E-state index contributed by atoms with van der Waals surface area (Å²) in [6, 6.07) is 3.27. The summed E-state index contributed by atoms with van der Waals surface area (Å²) in [7, 11) is 0. The van der Waals surface area contributed by atoms with Crippen LogP contribution in [0.25, 0.3) is 0 Å². The van der Waals surface area contributed by atoms with Crippen molar-refractivity contribution < 1.29 is 4.74 Å². The molecule has 4 heteroatoms. The standard InChI is InChI=1S/C10H11Cl3O/c1-2-3-4-14-9-6-7(11)5-8(12)10(9)13/h5-6H,2-4H2,1H3. The second kappa shape index (κ2) is 5.69. The summed E-state index contributed by atoms with van der Waals surface area (Å²) in [6.45, 7) is 2.73. The van der Waals surface area contributed by atoms with E-state index in [4.69, 9.17) is 39.5 Å². The lowest BCUT2D eigenvalue weighted by Gasteiger charge is -2.08. The van der Waals surface area contributed by atoms with Crippen LogP contribution >= 0.6 is 34.8 Å². The van der Waals surface area contributed by atoms with Gasteiger partial charge >= 0.3 is 0 Å². The van der Waals surface area contributed by atoms with E-state index in [-0.39, 0.29) is 0 Å². The Morgan fingerprint density at radius 1 is 1.21 bits per heavy atom. The van der Waals surface area contributed by atoms with E-state index in [1.165, 1.54) is 0 Å². The minimum atomic E-state index is 0.422. The van der Waals surface area contributed by atoms with Gasteiger partial charge in [-0.05, 0) is 12.5 Å². The maximum absolute atomic E-state index is 5.93. The number of unbranched alkanes of at least 4 members (excludes halogenated alkanes) is 1. The van der Waals surface area contributed by atoms with Crippen molar-refractivity contribution in [1.82, 2.24) is 0 Å². The summed E-state index contributed by atoms with van der Waals surface area (Å²) in [5.41, 5.74) is 0. The van der Waals surface area contributed by atoms with E-state index in [0.717, 1.165) is 12.8 Å². The Morgan fingerprint density at radius 3 is 2.57 bits per heavy atom. The average Bonchev–Trinajstić information content (AvgIpc) is 2.13. The SMILES string of the molecule is CCCCOc1cc(Cl)cc(Cl)c1Cl. The van der Waals surface area contributed by atoms with Gasteiger partial charge in [-0.2, -0.15) is 0 Å². The zero-order chi connectivity index (χ0) is 10.6. The predicted molar refractivity (Wildman–Crippen MR) is 61.9 cm³/mol. The minimum absolute atomic E-state index is 0.422. The Balaban J connectivity index is 2.75. The lowest BCUT2D eigenvalue weighted by atomic mass is 10.3. The van der Waals surface area contributed by atoms with Gasteiger partial charge in [-0.15, -0.1) is 0 Å². The zero-order valence-electron chi connectivity index (χ0n) is 7.82. The molecule has 0 aliphatic carbocycles. The first-order valence-corrected chi connectivity index (χ1v) is 5.56. The summed E-state index contributed by atoms with van der Waals surface area (Å²) < 4.78 is 5.44. The maximum Gasteiger partial charge on any atom is 0.140 e. The zero-order valence-corrected chi connectivity index (χ0v) is 10.1. The average molecular weight is 254 g/mol. The smallest absolute Gasteiger partial charge is 0.140 e. The van der Waals surface area contributed by atoms with Crippen molar-refractivity contribution in [2.24, 2.45) is 0 Å². The number of hydrogen-bond donors (Lipinski definition) is 0.